The second-order valence-corrected chi connectivity index (χ2v) is 4.88. The summed E-state index contributed by atoms with van der Waals surface area (Å²) < 4.78 is 0. The van der Waals surface area contributed by atoms with Crippen molar-refractivity contribution >= 4 is 0 Å². The predicted octanol–water partition coefficient (Wildman–Crippen LogP) is -0.586. The zero-order chi connectivity index (χ0) is 10.7. The van der Waals surface area contributed by atoms with Gasteiger partial charge >= 0.3 is 0 Å². The van der Waals surface area contributed by atoms with Crippen LogP contribution in [0.25, 0.3) is 0 Å². The summed E-state index contributed by atoms with van der Waals surface area (Å²) in [5.41, 5.74) is 0. The summed E-state index contributed by atoms with van der Waals surface area (Å²) in [4.78, 5) is 2.59. The standard InChI is InChI=1S/C11H22N2O2/c14-8-11(15)6-12-5-9-3-4-13(7-9)10-1-2-10/h9-12,14-15H,1-8H2/t9?,11-/m0/s1. The van der Waals surface area contributed by atoms with Crippen molar-refractivity contribution in [3.63, 3.8) is 0 Å². The fourth-order valence-electron chi connectivity index (χ4n) is 2.32. The summed E-state index contributed by atoms with van der Waals surface area (Å²) in [6, 6.07) is 0.887. The SMILES string of the molecule is OC[C@@H](O)CNCC1CCN(C2CC2)C1. The first kappa shape index (κ1) is 11.3. The molecule has 0 amide bonds. The Morgan fingerprint density at radius 3 is 2.80 bits per heavy atom. The molecule has 0 bridgehead atoms. The molecule has 4 nitrogen and oxygen atoms in total. The fourth-order valence-corrected chi connectivity index (χ4v) is 2.32. The largest absolute Gasteiger partial charge is 0.394 e. The van der Waals surface area contributed by atoms with E-state index in [1.807, 2.05) is 0 Å². The molecule has 1 aliphatic carbocycles. The molecule has 15 heavy (non-hydrogen) atoms. The Labute approximate surface area is 91.3 Å². The summed E-state index contributed by atoms with van der Waals surface area (Å²) in [7, 11) is 0. The maximum absolute atomic E-state index is 9.16. The van der Waals surface area contributed by atoms with E-state index in [0.29, 0.717) is 6.54 Å². The van der Waals surface area contributed by atoms with Crippen LogP contribution in [-0.2, 0) is 0 Å². The topological polar surface area (TPSA) is 55.7 Å². The van der Waals surface area contributed by atoms with Crippen LogP contribution in [0, 0.1) is 5.92 Å². The van der Waals surface area contributed by atoms with E-state index in [9.17, 15) is 0 Å². The van der Waals surface area contributed by atoms with Gasteiger partial charge in [0.1, 0.15) is 0 Å². The second-order valence-electron chi connectivity index (χ2n) is 4.88. The molecule has 2 aliphatic rings. The zero-order valence-corrected chi connectivity index (χ0v) is 9.23. The first-order valence-electron chi connectivity index (χ1n) is 6.03. The molecule has 88 valence electrons. The fraction of sp³-hybridized carbons (Fsp3) is 1.00. The van der Waals surface area contributed by atoms with Crippen molar-refractivity contribution in [1.82, 2.24) is 10.2 Å². The molecular formula is C11H22N2O2. The Hall–Kier alpha value is -0.160. The normalized spacial score (nSPS) is 29.6. The summed E-state index contributed by atoms with van der Waals surface area (Å²) in [5, 5.41) is 21.0. The highest BCUT2D eigenvalue weighted by Crippen LogP contribution is 2.31. The third-order valence-corrected chi connectivity index (χ3v) is 3.40. The lowest BCUT2D eigenvalue weighted by molar-refractivity contribution is 0.0936. The molecule has 0 aromatic heterocycles. The van der Waals surface area contributed by atoms with Crippen LogP contribution in [0.15, 0.2) is 0 Å². The third kappa shape index (κ3) is 3.41. The molecular weight excluding hydrogens is 192 g/mol. The van der Waals surface area contributed by atoms with Crippen molar-refractivity contribution in [2.45, 2.75) is 31.4 Å². The minimum Gasteiger partial charge on any atom is -0.394 e. The maximum atomic E-state index is 9.16. The van der Waals surface area contributed by atoms with Gasteiger partial charge in [-0.25, -0.2) is 0 Å². The lowest BCUT2D eigenvalue weighted by Gasteiger charge is -2.15. The van der Waals surface area contributed by atoms with Crippen molar-refractivity contribution in [2.75, 3.05) is 32.8 Å². The van der Waals surface area contributed by atoms with Crippen LogP contribution in [-0.4, -0.2) is 60.0 Å². The smallest absolute Gasteiger partial charge is 0.0894 e. The van der Waals surface area contributed by atoms with Gasteiger partial charge in [-0.15, -0.1) is 0 Å². The summed E-state index contributed by atoms with van der Waals surface area (Å²) in [5.74, 6) is 0.733. The molecule has 1 aliphatic heterocycles. The van der Waals surface area contributed by atoms with Gasteiger partial charge in [-0.3, -0.25) is 0 Å². The molecule has 2 atom stereocenters. The quantitative estimate of drug-likeness (QED) is 0.553. The molecule has 3 N–H and O–H groups in total. The number of nitrogens with zero attached hydrogens (tertiary/aromatic N) is 1. The number of rotatable bonds is 6. The van der Waals surface area contributed by atoms with Crippen LogP contribution in [0.1, 0.15) is 19.3 Å². The number of nitrogens with one attached hydrogen (secondary N) is 1. The van der Waals surface area contributed by atoms with E-state index in [2.05, 4.69) is 10.2 Å². The highest BCUT2D eigenvalue weighted by atomic mass is 16.3. The van der Waals surface area contributed by atoms with Gasteiger partial charge in [0.05, 0.1) is 12.7 Å². The van der Waals surface area contributed by atoms with Gasteiger partial charge in [-0.05, 0) is 38.3 Å². The van der Waals surface area contributed by atoms with Gasteiger partial charge in [-0.2, -0.15) is 0 Å². The molecule has 1 saturated carbocycles. The van der Waals surface area contributed by atoms with E-state index in [-0.39, 0.29) is 6.61 Å². The van der Waals surface area contributed by atoms with E-state index in [0.717, 1.165) is 18.5 Å². The summed E-state index contributed by atoms with van der Waals surface area (Å²) in [6.45, 7) is 3.80. The average molecular weight is 214 g/mol. The van der Waals surface area contributed by atoms with Crippen molar-refractivity contribution < 1.29 is 10.2 Å². The Kier molecular flexibility index (Phi) is 3.97. The van der Waals surface area contributed by atoms with Crippen LogP contribution in [0.5, 0.6) is 0 Å². The maximum Gasteiger partial charge on any atom is 0.0894 e. The highest BCUT2D eigenvalue weighted by Gasteiger charge is 2.33. The Bertz CT molecular complexity index is 197. The van der Waals surface area contributed by atoms with Crippen LogP contribution in [0.3, 0.4) is 0 Å². The first-order chi connectivity index (χ1) is 7.29. The average Bonchev–Trinajstić information content (AvgIpc) is 2.99. The van der Waals surface area contributed by atoms with Crippen molar-refractivity contribution in [1.29, 1.82) is 0 Å². The second kappa shape index (κ2) is 5.25. The molecule has 1 heterocycles. The Morgan fingerprint density at radius 1 is 1.33 bits per heavy atom. The number of hydrogen-bond donors (Lipinski definition) is 3. The lowest BCUT2D eigenvalue weighted by atomic mass is 10.1. The molecule has 1 unspecified atom stereocenters. The minimum absolute atomic E-state index is 0.147. The van der Waals surface area contributed by atoms with Gasteiger partial charge in [0.2, 0.25) is 0 Å². The predicted molar refractivity (Wildman–Crippen MR) is 58.7 cm³/mol. The molecule has 2 rings (SSSR count). The highest BCUT2D eigenvalue weighted by molar-refractivity contribution is 4.89. The van der Waals surface area contributed by atoms with E-state index >= 15 is 0 Å². The third-order valence-electron chi connectivity index (χ3n) is 3.40. The molecule has 2 fully saturated rings. The van der Waals surface area contributed by atoms with Gasteiger partial charge in [-0.1, -0.05) is 0 Å². The molecule has 1 saturated heterocycles. The van der Waals surface area contributed by atoms with E-state index < -0.39 is 6.10 Å². The van der Waals surface area contributed by atoms with E-state index in [1.165, 1.54) is 32.4 Å². The number of likely N-dealkylation sites (tertiary alicyclic amines) is 1. The zero-order valence-electron chi connectivity index (χ0n) is 9.23. The summed E-state index contributed by atoms with van der Waals surface area (Å²) in [6.07, 6.45) is 3.46. The molecule has 0 radical (unpaired) electrons. The van der Waals surface area contributed by atoms with Crippen LogP contribution < -0.4 is 5.32 Å². The minimum atomic E-state index is -0.606. The first-order valence-corrected chi connectivity index (χ1v) is 6.03. The van der Waals surface area contributed by atoms with E-state index in [4.69, 9.17) is 10.2 Å². The van der Waals surface area contributed by atoms with E-state index in [1.54, 1.807) is 0 Å². The van der Waals surface area contributed by atoms with Crippen LogP contribution in [0.4, 0.5) is 0 Å². The monoisotopic (exact) mass is 214 g/mol. The molecule has 4 heteroatoms. The lowest BCUT2D eigenvalue weighted by Crippen LogP contribution is -2.34. The van der Waals surface area contributed by atoms with Crippen molar-refractivity contribution in [3.05, 3.63) is 0 Å². The summed E-state index contributed by atoms with van der Waals surface area (Å²) >= 11 is 0. The molecule has 0 aromatic rings. The van der Waals surface area contributed by atoms with Gasteiger partial charge in [0.15, 0.2) is 0 Å². The van der Waals surface area contributed by atoms with Crippen molar-refractivity contribution in [3.8, 4) is 0 Å². The Morgan fingerprint density at radius 2 is 2.13 bits per heavy atom. The van der Waals surface area contributed by atoms with Gasteiger partial charge < -0.3 is 20.4 Å². The van der Waals surface area contributed by atoms with Gasteiger partial charge in [0.25, 0.3) is 0 Å². The van der Waals surface area contributed by atoms with Crippen molar-refractivity contribution in [2.24, 2.45) is 5.92 Å². The number of hydrogen-bond acceptors (Lipinski definition) is 4. The number of aliphatic hydroxyl groups is 2. The van der Waals surface area contributed by atoms with Gasteiger partial charge in [0, 0.05) is 19.1 Å². The number of aliphatic hydroxyl groups excluding tert-OH is 2. The molecule has 0 aromatic carbocycles. The Balaban J connectivity index is 1.56. The molecule has 0 spiro atoms. The van der Waals surface area contributed by atoms with Crippen LogP contribution in [0.2, 0.25) is 0 Å². The van der Waals surface area contributed by atoms with Crippen LogP contribution >= 0.6 is 0 Å².